The molecular formula is C25H34ClN3O4S. The van der Waals surface area contributed by atoms with E-state index in [0.29, 0.717) is 13.0 Å². The van der Waals surface area contributed by atoms with Crippen LogP contribution in [0.5, 0.6) is 0 Å². The maximum atomic E-state index is 13.6. The number of aryl methyl sites for hydroxylation is 1. The van der Waals surface area contributed by atoms with Gasteiger partial charge in [0.05, 0.1) is 17.0 Å². The van der Waals surface area contributed by atoms with Crippen molar-refractivity contribution < 1.29 is 18.0 Å². The van der Waals surface area contributed by atoms with Gasteiger partial charge in [-0.25, -0.2) is 8.42 Å². The molecule has 0 aliphatic rings. The van der Waals surface area contributed by atoms with Crippen molar-refractivity contribution in [3.63, 3.8) is 0 Å². The maximum Gasteiger partial charge on any atom is 0.244 e. The first kappa shape index (κ1) is 27.7. The molecule has 0 aromatic heterocycles. The zero-order chi connectivity index (χ0) is 25.5. The molecule has 1 N–H and O–H groups in total. The number of benzene rings is 2. The second-order valence-corrected chi connectivity index (χ2v) is 11.0. The molecule has 0 saturated heterocycles. The molecule has 2 rings (SSSR count). The van der Waals surface area contributed by atoms with Gasteiger partial charge in [-0.05, 0) is 42.5 Å². The topological polar surface area (TPSA) is 86.8 Å². The molecular weight excluding hydrogens is 474 g/mol. The maximum absolute atomic E-state index is 13.6. The fourth-order valence-corrected chi connectivity index (χ4v) is 4.71. The lowest BCUT2D eigenvalue weighted by Crippen LogP contribution is -2.52. The normalized spacial score (nSPS) is 12.3. The third-order valence-electron chi connectivity index (χ3n) is 5.47. The third-order valence-corrected chi connectivity index (χ3v) is 6.92. The summed E-state index contributed by atoms with van der Waals surface area (Å²) in [5.74, 6) is -0.496. The number of amides is 2. The molecule has 0 saturated carbocycles. The van der Waals surface area contributed by atoms with Gasteiger partial charge in [0.1, 0.15) is 12.6 Å². The second-order valence-electron chi connectivity index (χ2n) is 8.73. The van der Waals surface area contributed by atoms with Crippen LogP contribution in [0.3, 0.4) is 0 Å². The van der Waals surface area contributed by atoms with E-state index < -0.39 is 28.5 Å². The first-order valence-electron chi connectivity index (χ1n) is 11.3. The van der Waals surface area contributed by atoms with E-state index in [1.54, 1.807) is 24.3 Å². The fourth-order valence-electron chi connectivity index (χ4n) is 3.56. The molecule has 0 spiro atoms. The number of carbonyl (C=O) groups excluding carboxylic acids is 2. The van der Waals surface area contributed by atoms with Crippen LogP contribution >= 0.6 is 11.6 Å². The SMILES string of the molecule is CC[C@H](C(=O)NCC(C)C)N(Cc1ccccc1C)C(=O)CN(c1ccccc1Cl)S(C)(=O)=O. The Morgan fingerprint density at radius 1 is 1.06 bits per heavy atom. The Morgan fingerprint density at radius 3 is 2.24 bits per heavy atom. The lowest BCUT2D eigenvalue weighted by Gasteiger charge is -2.33. The van der Waals surface area contributed by atoms with Crippen LogP contribution < -0.4 is 9.62 Å². The van der Waals surface area contributed by atoms with Crippen LogP contribution in [0.1, 0.15) is 38.3 Å². The summed E-state index contributed by atoms with van der Waals surface area (Å²) in [4.78, 5) is 28.2. The minimum atomic E-state index is -3.82. The quantitative estimate of drug-likeness (QED) is 0.498. The smallest absolute Gasteiger partial charge is 0.244 e. The molecule has 34 heavy (non-hydrogen) atoms. The summed E-state index contributed by atoms with van der Waals surface area (Å²) in [7, 11) is -3.82. The molecule has 0 fully saturated rings. The summed E-state index contributed by atoms with van der Waals surface area (Å²) < 4.78 is 26.2. The van der Waals surface area contributed by atoms with Gasteiger partial charge in [-0.2, -0.15) is 0 Å². The molecule has 186 valence electrons. The summed E-state index contributed by atoms with van der Waals surface area (Å²) in [5.41, 5.74) is 2.08. The monoisotopic (exact) mass is 507 g/mol. The number of anilines is 1. The van der Waals surface area contributed by atoms with Gasteiger partial charge in [0, 0.05) is 13.1 Å². The van der Waals surface area contributed by atoms with Crippen LogP contribution in [0.15, 0.2) is 48.5 Å². The zero-order valence-corrected chi connectivity index (χ0v) is 22.0. The molecule has 2 amide bonds. The predicted octanol–water partition coefficient (Wildman–Crippen LogP) is 3.99. The van der Waals surface area contributed by atoms with Gasteiger partial charge in [-0.3, -0.25) is 13.9 Å². The average Bonchev–Trinajstić information content (AvgIpc) is 2.76. The first-order chi connectivity index (χ1) is 16.0. The van der Waals surface area contributed by atoms with Gasteiger partial charge in [-0.1, -0.05) is 68.8 Å². The van der Waals surface area contributed by atoms with Gasteiger partial charge < -0.3 is 10.2 Å². The highest BCUT2D eigenvalue weighted by molar-refractivity contribution is 7.92. The Kier molecular flexibility index (Phi) is 9.94. The molecule has 7 nitrogen and oxygen atoms in total. The molecule has 0 unspecified atom stereocenters. The van der Waals surface area contributed by atoms with Gasteiger partial charge >= 0.3 is 0 Å². The van der Waals surface area contributed by atoms with Crippen LogP contribution in [0.2, 0.25) is 5.02 Å². The molecule has 1 atom stereocenters. The van der Waals surface area contributed by atoms with E-state index in [0.717, 1.165) is 21.7 Å². The average molecular weight is 508 g/mol. The van der Waals surface area contributed by atoms with Crippen molar-refractivity contribution in [2.75, 3.05) is 23.7 Å². The highest BCUT2D eigenvalue weighted by atomic mass is 35.5. The number of hydrogen-bond acceptors (Lipinski definition) is 4. The number of para-hydroxylation sites is 1. The van der Waals surface area contributed by atoms with Gasteiger partial charge in [0.15, 0.2) is 0 Å². The molecule has 0 aliphatic heterocycles. The molecule has 0 radical (unpaired) electrons. The third kappa shape index (κ3) is 7.46. The number of nitrogens with one attached hydrogen (secondary N) is 1. The second kappa shape index (κ2) is 12.2. The van der Waals surface area contributed by atoms with Crippen molar-refractivity contribution >= 4 is 39.1 Å². The lowest BCUT2D eigenvalue weighted by molar-refractivity contribution is -0.140. The number of hydrogen-bond donors (Lipinski definition) is 1. The fraction of sp³-hybridized carbons (Fsp3) is 0.440. The molecule has 2 aromatic carbocycles. The Morgan fingerprint density at radius 2 is 1.68 bits per heavy atom. The van der Waals surface area contributed by atoms with Crippen LogP contribution in [0.4, 0.5) is 5.69 Å². The molecule has 0 heterocycles. The number of nitrogens with zero attached hydrogens (tertiary/aromatic N) is 2. The van der Waals surface area contributed by atoms with Crippen molar-refractivity contribution in [1.29, 1.82) is 0 Å². The highest BCUT2D eigenvalue weighted by Gasteiger charge is 2.32. The standard InChI is InChI=1S/C25H34ClN3O4S/c1-6-22(25(31)27-15-18(2)3)28(16-20-12-8-7-11-19(20)4)24(30)17-29(34(5,32)33)23-14-10-9-13-21(23)26/h7-14,18,22H,6,15-17H2,1-5H3,(H,27,31)/t22-/m1/s1. The first-order valence-corrected chi connectivity index (χ1v) is 13.5. The summed E-state index contributed by atoms with van der Waals surface area (Å²) in [6.45, 7) is 7.94. The Balaban J connectivity index is 2.45. The van der Waals surface area contributed by atoms with E-state index in [1.807, 2.05) is 52.0 Å². The molecule has 2 aromatic rings. The van der Waals surface area contributed by atoms with Crippen LogP contribution in [0, 0.1) is 12.8 Å². The summed E-state index contributed by atoms with van der Waals surface area (Å²) in [6, 6.07) is 13.3. The minimum Gasteiger partial charge on any atom is -0.354 e. The lowest BCUT2D eigenvalue weighted by atomic mass is 10.1. The van der Waals surface area contributed by atoms with E-state index in [-0.39, 0.29) is 29.1 Å². The number of rotatable bonds is 11. The van der Waals surface area contributed by atoms with Crippen molar-refractivity contribution in [2.24, 2.45) is 5.92 Å². The van der Waals surface area contributed by atoms with Crippen LogP contribution in [-0.4, -0.2) is 50.5 Å². The van der Waals surface area contributed by atoms with Crippen molar-refractivity contribution in [1.82, 2.24) is 10.2 Å². The van der Waals surface area contributed by atoms with E-state index in [4.69, 9.17) is 11.6 Å². The number of sulfonamides is 1. The van der Waals surface area contributed by atoms with Crippen LogP contribution in [0.25, 0.3) is 0 Å². The van der Waals surface area contributed by atoms with Crippen LogP contribution in [-0.2, 0) is 26.2 Å². The van der Waals surface area contributed by atoms with Crippen molar-refractivity contribution in [3.05, 3.63) is 64.7 Å². The molecule has 0 aliphatic carbocycles. The summed E-state index contributed by atoms with van der Waals surface area (Å²) >= 11 is 6.25. The van der Waals surface area contributed by atoms with Crippen molar-refractivity contribution in [3.8, 4) is 0 Å². The number of carbonyl (C=O) groups is 2. The highest BCUT2D eigenvalue weighted by Crippen LogP contribution is 2.27. The summed E-state index contributed by atoms with van der Waals surface area (Å²) in [5, 5.41) is 3.12. The molecule has 0 bridgehead atoms. The van der Waals surface area contributed by atoms with Gasteiger partial charge in [-0.15, -0.1) is 0 Å². The van der Waals surface area contributed by atoms with E-state index >= 15 is 0 Å². The minimum absolute atomic E-state index is 0.180. The van der Waals surface area contributed by atoms with Gasteiger partial charge in [0.25, 0.3) is 0 Å². The van der Waals surface area contributed by atoms with Gasteiger partial charge in [0.2, 0.25) is 21.8 Å². The zero-order valence-electron chi connectivity index (χ0n) is 20.4. The van der Waals surface area contributed by atoms with E-state index in [2.05, 4.69) is 5.32 Å². The Labute approximate surface area is 208 Å². The van der Waals surface area contributed by atoms with E-state index in [9.17, 15) is 18.0 Å². The largest absolute Gasteiger partial charge is 0.354 e. The predicted molar refractivity (Wildman–Crippen MR) is 137 cm³/mol. The Hall–Kier alpha value is -2.58. The number of halogens is 1. The van der Waals surface area contributed by atoms with E-state index in [1.165, 1.54) is 4.90 Å². The Bertz CT molecular complexity index is 1100. The molecule has 9 heteroatoms. The van der Waals surface area contributed by atoms with Crippen molar-refractivity contribution in [2.45, 2.75) is 46.7 Å². The summed E-state index contributed by atoms with van der Waals surface area (Å²) in [6.07, 6.45) is 1.41.